The number of hydrogen-bond acceptors (Lipinski definition) is 4. The minimum Gasteiger partial charge on any atom is -0.496 e. The van der Waals surface area contributed by atoms with Crippen LogP contribution >= 0.6 is 11.3 Å². The molecule has 0 radical (unpaired) electrons. The molecule has 0 aliphatic carbocycles. The smallest absolute Gasteiger partial charge is 0.162 e. The minimum absolute atomic E-state index is 0.673. The van der Waals surface area contributed by atoms with Crippen molar-refractivity contribution in [2.24, 2.45) is 0 Å². The molecule has 0 saturated carbocycles. The lowest BCUT2D eigenvalue weighted by Gasteiger charge is -2.06. The fraction of sp³-hybridized carbons (Fsp3) is 0.231. The second kappa shape index (κ2) is 4.67. The van der Waals surface area contributed by atoms with Crippen molar-refractivity contribution in [2.45, 2.75) is 13.8 Å². The number of aldehydes is 1. The van der Waals surface area contributed by atoms with Crippen molar-refractivity contribution < 1.29 is 9.53 Å². The Morgan fingerprint density at radius 2 is 2.12 bits per heavy atom. The Kier molecular flexibility index (Phi) is 3.24. The van der Waals surface area contributed by atoms with Gasteiger partial charge in [0.15, 0.2) is 6.29 Å². The molecule has 2 rings (SSSR count). The molecule has 0 unspecified atom stereocenters. The van der Waals surface area contributed by atoms with E-state index in [2.05, 4.69) is 4.98 Å². The lowest BCUT2D eigenvalue weighted by Crippen LogP contribution is -1.89. The largest absolute Gasteiger partial charge is 0.496 e. The van der Waals surface area contributed by atoms with Gasteiger partial charge in [0.1, 0.15) is 5.75 Å². The molecule has 0 bridgehead atoms. The zero-order chi connectivity index (χ0) is 12.4. The second-order valence-corrected chi connectivity index (χ2v) is 4.98. The van der Waals surface area contributed by atoms with Crippen LogP contribution in [-0.2, 0) is 0 Å². The van der Waals surface area contributed by atoms with Crippen LogP contribution in [0.15, 0.2) is 18.2 Å². The van der Waals surface area contributed by atoms with E-state index in [9.17, 15) is 4.79 Å². The SMILES string of the molecule is COc1ccc(-c2nc(C)sc2C=O)cc1C. The van der Waals surface area contributed by atoms with Gasteiger partial charge in [0.25, 0.3) is 0 Å². The Hall–Kier alpha value is -1.68. The first-order valence-electron chi connectivity index (χ1n) is 5.23. The third-order valence-electron chi connectivity index (χ3n) is 2.54. The summed E-state index contributed by atoms with van der Waals surface area (Å²) in [5.41, 5.74) is 2.75. The Morgan fingerprint density at radius 3 is 2.71 bits per heavy atom. The van der Waals surface area contributed by atoms with Gasteiger partial charge in [0.2, 0.25) is 0 Å². The Labute approximate surface area is 104 Å². The highest BCUT2D eigenvalue weighted by Crippen LogP contribution is 2.29. The molecule has 1 aromatic carbocycles. The summed E-state index contributed by atoms with van der Waals surface area (Å²) in [4.78, 5) is 16.0. The quantitative estimate of drug-likeness (QED) is 0.781. The first kappa shape index (κ1) is 11.8. The minimum atomic E-state index is 0.673. The van der Waals surface area contributed by atoms with Crippen LogP contribution < -0.4 is 4.74 Å². The van der Waals surface area contributed by atoms with Crippen LogP contribution in [0.1, 0.15) is 20.2 Å². The van der Waals surface area contributed by atoms with E-state index in [-0.39, 0.29) is 0 Å². The van der Waals surface area contributed by atoms with Gasteiger partial charge in [0.05, 0.1) is 22.7 Å². The maximum absolute atomic E-state index is 11.0. The van der Waals surface area contributed by atoms with E-state index in [1.54, 1.807) is 7.11 Å². The predicted octanol–water partition coefficient (Wildman–Crippen LogP) is 3.25. The van der Waals surface area contributed by atoms with Crippen molar-refractivity contribution in [2.75, 3.05) is 7.11 Å². The van der Waals surface area contributed by atoms with Crippen LogP contribution in [0.25, 0.3) is 11.3 Å². The summed E-state index contributed by atoms with van der Waals surface area (Å²) < 4.78 is 5.21. The van der Waals surface area contributed by atoms with E-state index in [1.165, 1.54) is 11.3 Å². The number of rotatable bonds is 3. The molecular weight excluding hydrogens is 234 g/mol. The normalized spacial score (nSPS) is 10.3. The summed E-state index contributed by atoms with van der Waals surface area (Å²) in [6.07, 6.45) is 0.861. The van der Waals surface area contributed by atoms with E-state index in [0.717, 1.165) is 33.9 Å². The average molecular weight is 247 g/mol. The molecule has 0 aliphatic heterocycles. The summed E-state index contributed by atoms with van der Waals surface area (Å²) in [5, 5.41) is 0.899. The molecule has 0 aliphatic rings. The van der Waals surface area contributed by atoms with Gasteiger partial charge in [-0.05, 0) is 37.6 Å². The maximum Gasteiger partial charge on any atom is 0.162 e. The van der Waals surface area contributed by atoms with Crippen LogP contribution in [0, 0.1) is 13.8 Å². The number of methoxy groups -OCH3 is 1. The Bertz CT molecular complexity index is 561. The van der Waals surface area contributed by atoms with Gasteiger partial charge < -0.3 is 4.74 Å². The number of carbonyl (C=O) groups is 1. The number of thiazole rings is 1. The molecule has 4 heteroatoms. The van der Waals surface area contributed by atoms with Crippen molar-refractivity contribution in [1.82, 2.24) is 4.98 Å². The first-order valence-corrected chi connectivity index (χ1v) is 6.05. The molecule has 17 heavy (non-hydrogen) atoms. The molecule has 0 saturated heterocycles. The lowest BCUT2D eigenvalue weighted by molar-refractivity contribution is 0.112. The van der Waals surface area contributed by atoms with Gasteiger partial charge in [0, 0.05) is 5.56 Å². The van der Waals surface area contributed by atoms with Crippen LogP contribution in [0.4, 0.5) is 0 Å². The summed E-state index contributed by atoms with van der Waals surface area (Å²) >= 11 is 1.41. The lowest BCUT2D eigenvalue weighted by atomic mass is 10.1. The molecular formula is C13H13NO2S. The molecule has 0 atom stereocenters. The summed E-state index contributed by atoms with van der Waals surface area (Å²) in [5.74, 6) is 0.841. The highest BCUT2D eigenvalue weighted by molar-refractivity contribution is 7.13. The van der Waals surface area contributed by atoms with Crippen molar-refractivity contribution in [3.05, 3.63) is 33.6 Å². The fourth-order valence-electron chi connectivity index (χ4n) is 1.76. The van der Waals surface area contributed by atoms with Gasteiger partial charge in [-0.15, -0.1) is 11.3 Å². The molecule has 2 aromatic rings. The van der Waals surface area contributed by atoms with E-state index in [4.69, 9.17) is 4.74 Å². The van der Waals surface area contributed by atoms with Gasteiger partial charge in [-0.1, -0.05) is 0 Å². The van der Waals surface area contributed by atoms with Gasteiger partial charge >= 0.3 is 0 Å². The summed E-state index contributed by atoms with van der Waals surface area (Å²) in [6.45, 7) is 3.87. The number of carbonyl (C=O) groups excluding carboxylic acids is 1. The van der Waals surface area contributed by atoms with Crippen LogP contribution in [-0.4, -0.2) is 18.4 Å². The predicted molar refractivity (Wildman–Crippen MR) is 69.0 cm³/mol. The van der Waals surface area contributed by atoms with Crippen LogP contribution in [0.5, 0.6) is 5.75 Å². The van der Waals surface area contributed by atoms with Gasteiger partial charge in [-0.2, -0.15) is 0 Å². The Balaban J connectivity index is 2.52. The third kappa shape index (κ3) is 2.22. The van der Waals surface area contributed by atoms with Gasteiger partial charge in [-0.25, -0.2) is 4.98 Å². The third-order valence-corrected chi connectivity index (χ3v) is 3.43. The highest BCUT2D eigenvalue weighted by atomic mass is 32.1. The van der Waals surface area contributed by atoms with Crippen molar-refractivity contribution in [3.8, 4) is 17.0 Å². The molecule has 1 aromatic heterocycles. The molecule has 0 N–H and O–H groups in total. The van der Waals surface area contributed by atoms with E-state index < -0.39 is 0 Å². The summed E-state index contributed by atoms with van der Waals surface area (Å²) in [7, 11) is 1.64. The number of aryl methyl sites for hydroxylation is 2. The van der Waals surface area contributed by atoms with Crippen molar-refractivity contribution in [1.29, 1.82) is 0 Å². The van der Waals surface area contributed by atoms with Gasteiger partial charge in [-0.3, -0.25) is 4.79 Å². The second-order valence-electron chi connectivity index (χ2n) is 3.75. The zero-order valence-electron chi connectivity index (χ0n) is 9.98. The fourth-order valence-corrected chi connectivity index (χ4v) is 2.52. The number of benzene rings is 1. The number of ether oxygens (including phenoxy) is 1. The standard InChI is InChI=1S/C13H13NO2S/c1-8-6-10(4-5-11(8)16-3)13-12(7-15)17-9(2)14-13/h4-7H,1-3H3. The molecule has 0 spiro atoms. The van der Waals surface area contributed by atoms with E-state index in [0.29, 0.717) is 4.88 Å². The van der Waals surface area contributed by atoms with Crippen molar-refractivity contribution in [3.63, 3.8) is 0 Å². The molecule has 88 valence electrons. The average Bonchev–Trinajstić information content (AvgIpc) is 2.70. The monoisotopic (exact) mass is 247 g/mol. The number of hydrogen-bond donors (Lipinski definition) is 0. The number of aromatic nitrogens is 1. The zero-order valence-corrected chi connectivity index (χ0v) is 10.8. The molecule has 1 heterocycles. The highest BCUT2D eigenvalue weighted by Gasteiger charge is 2.11. The molecule has 0 fully saturated rings. The summed E-state index contributed by atoms with van der Waals surface area (Å²) in [6, 6.07) is 5.81. The van der Waals surface area contributed by atoms with E-state index >= 15 is 0 Å². The topological polar surface area (TPSA) is 39.2 Å². The van der Waals surface area contributed by atoms with E-state index in [1.807, 2.05) is 32.0 Å². The maximum atomic E-state index is 11.0. The number of nitrogens with zero attached hydrogens (tertiary/aromatic N) is 1. The van der Waals surface area contributed by atoms with Crippen LogP contribution in [0.2, 0.25) is 0 Å². The first-order chi connectivity index (χ1) is 8.15. The molecule has 3 nitrogen and oxygen atoms in total. The molecule has 0 amide bonds. The Morgan fingerprint density at radius 1 is 1.35 bits per heavy atom. The van der Waals surface area contributed by atoms with Crippen molar-refractivity contribution >= 4 is 17.6 Å². The van der Waals surface area contributed by atoms with Crippen LogP contribution in [0.3, 0.4) is 0 Å².